The average Bonchev–Trinajstić information content (AvgIpc) is 2.75. The first-order chi connectivity index (χ1) is 14.8. The fourth-order valence-electron chi connectivity index (χ4n) is 3.05. The molecule has 9 heteroatoms. The minimum Gasteiger partial charge on any atom is -0.294 e. The molecule has 0 saturated carbocycles. The molecule has 0 amide bonds. The summed E-state index contributed by atoms with van der Waals surface area (Å²) in [6.07, 6.45) is 0. The molecule has 3 aromatic rings. The van der Waals surface area contributed by atoms with Crippen LogP contribution in [0.15, 0.2) is 87.8 Å². The quantitative estimate of drug-likeness (QED) is 0.351. The summed E-state index contributed by atoms with van der Waals surface area (Å²) in [7, 11) is -3.75. The molecule has 3 aromatic carbocycles. The summed E-state index contributed by atoms with van der Waals surface area (Å²) in [4.78, 5) is 14.2. The van der Waals surface area contributed by atoms with Crippen LogP contribution in [-0.2, 0) is 23.1 Å². The standard InChI is InChI=1S/C22H22FN3O3S2/c23-21-11-8-18(14-22(21)25-27)16-26(12-13-30-19-4-2-1-3-5-19)15-17-6-9-20(10-7-17)31(24,28)29/h1-11,14H,12-13,15-16H2,(H2,24,28,29). The van der Waals surface area contributed by atoms with Gasteiger partial charge in [-0.2, -0.15) is 0 Å². The number of hydrogen-bond acceptors (Lipinski definition) is 6. The van der Waals surface area contributed by atoms with Crippen molar-refractivity contribution in [3.63, 3.8) is 0 Å². The van der Waals surface area contributed by atoms with Crippen molar-refractivity contribution in [1.82, 2.24) is 4.90 Å². The minimum atomic E-state index is -3.75. The molecule has 162 valence electrons. The molecule has 0 fully saturated rings. The fourth-order valence-corrected chi connectivity index (χ4v) is 4.50. The van der Waals surface area contributed by atoms with Crippen LogP contribution < -0.4 is 5.14 Å². The van der Waals surface area contributed by atoms with Crippen LogP contribution in [0.3, 0.4) is 0 Å². The van der Waals surface area contributed by atoms with Crippen molar-refractivity contribution >= 4 is 27.5 Å². The maximum Gasteiger partial charge on any atom is 0.238 e. The number of hydrogen-bond donors (Lipinski definition) is 1. The van der Waals surface area contributed by atoms with E-state index in [0.717, 1.165) is 28.3 Å². The van der Waals surface area contributed by atoms with Gasteiger partial charge in [0.15, 0.2) is 5.82 Å². The van der Waals surface area contributed by atoms with Crippen molar-refractivity contribution in [3.8, 4) is 0 Å². The highest BCUT2D eigenvalue weighted by atomic mass is 32.2. The Morgan fingerprint density at radius 1 is 0.935 bits per heavy atom. The van der Waals surface area contributed by atoms with Crippen LogP contribution in [0.5, 0.6) is 0 Å². The molecule has 2 N–H and O–H groups in total. The Balaban J connectivity index is 1.73. The summed E-state index contributed by atoms with van der Waals surface area (Å²) in [6, 6.07) is 20.8. The SMILES string of the molecule is NS(=O)(=O)c1ccc(CN(CCSc2ccccc2)Cc2ccc(F)c(N=O)c2)cc1. The summed E-state index contributed by atoms with van der Waals surface area (Å²) in [6.45, 7) is 1.74. The van der Waals surface area contributed by atoms with Gasteiger partial charge in [0.05, 0.1) is 4.90 Å². The fraction of sp³-hybridized carbons (Fsp3) is 0.182. The number of nitrogens with zero attached hydrogens (tertiary/aromatic N) is 2. The van der Waals surface area contributed by atoms with Crippen molar-refractivity contribution < 1.29 is 12.8 Å². The Morgan fingerprint density at radius 3 is 2.23 bits per heavy atom. The molecule has 3 rings (SSSR count). The number of sulfonamides is 1. The zero-order chi connectivity index (χ0) is 22.3. The van der Waals surface area contributed by atoms with Gasteiger partial charge in [-0.15, -0.1) is 16.7 Å². The third kappa shape index (κ3) is 6.96. The number of benzene rings is 3. The Morgan fingerprint density at radius 2 is 1.58 bits per heavy atom. The smallest absolute Gasteiger partial charge is 0.238 e. The lowest BCUT2D eigenvalue weighted by molar-refractivity contribution is 0.274. The lowest BCUT2D eigenvalue weighted by Crippen LogP contribution is -2.25. The first-order valence-corrected chi connectivity index (χ1v) is 12.0. The molecule has 0 aromatic heterocycles. The van der Waals surface area contributed by atoms with Crippen molar-refractivity contribution in [2.75, 3.05) is 12.3 Å². The van der Waals surface area contributed by atoms with Gasteiger partial charge in [0.25, 0.3) is 0 Å². The number of thioether (sulfide) groups is 1. The van der Waals surface area contributed by atoms with Crippen molar-refractivity contribution in [1.29, 1.82) is 0 Å². The normalized spacial score (nSPS) is 11.6. The van der Waals surface area contributed by atoms with Crippen LogP contribution >= 0.6 is 11.8 Å². The third-order valence-electron chi connectivity index (χ3n) is 4.59. The molecule has 0 unspecified atom stereocenters. The van der Waals surface area contributed by atoms with E-state index in [-0.39, 0.29) is 10.6 Å². The van der Waals surface area contributed by atoms with Gasteiger partial charge in [-0.3, -0.25) is 4.90 Å². The van der Waals surface area contributed by atoms with E-state index >= 15 is 0 Å². The zero-order valence-electron chi connectivity index (χ0n) is 16.6. The lowest BCUT2D eigenvalue weighted by Gasteiger charge is -2.23. The van der Waals surface area contributed by atoms with Crippen LogP contribution in [0, 0.1) is 10.7 Å². The van der Waals surface area contributed by atoms with Gasteiger partial charge in [0.1, 0.15) is 5.69 Å². The summed E-state index contributed by atoms with van der Waals surface area (Å²) in [5.74, 6) is 0.169. The van der Waals surface area contributed by atoms with Gasteiger partial charge in [-0.25, -0.2) is 17.9 Å². The molecule has 31 heavy (non-hydrogen) atoms. The number of nitrogens with two attached hydrogens (primary N) is 1. The number of primary sulfonamides is 1. The van der Waals surface area contributed by atoms with E-state index < -0.39 is 15.8 Å². The van der Waals surface area contributed by atoms with E-state index in [4.69, 9.17) is 5.14 Å². The molecule has 0 heterocycles. The van der Waals surface area contributed by atoms with E-state index in [1.807, 2.05) is 30.3 Å². The molecule has 0 radical (unpaired) electrons. The molecule has 0 bridgehead atoms. The zero-order valence-corrected chi connectivity index (χ0v) is 18.3. The summed E-state index contributed by atoms with van der Waals surface area (Å²) < 4.78 is 36.6. The highest BCUT2D eigenvalue weighted by Crippen LogP contribution is 2.22. The van der Waals surface area contributed by atoms with Crippen LogP contribution in [-0.4, -0.2) is 25.6 Å². The van der Waals surface area contributed by atoms with Crippen molar-refractivity contribution in [2.24, 2.45) is 10.3 Å². The van der Waals surface area contributed by atoms with Crippen LogP contribution in [0.1, 0.15) is 11.1 Å². The highest BCUT2D eigenvalue weighted by Gasteiger charge is 2.12. The summed E-state index contributed by atoms with van der Waals surface area (Å²) >= 11 is 1.72. The molecule has 0 aliphatic carbocycles. The molecule has 6 nitrogen and oxygen atoms in total. The van der Waals surface area contributed by atoms with Gasteiger partial charge in [0.2, 0.25) is 10.0 Å². The molecule has 0 spiro atoms. The predicted octanol–water partition coefficient (Wildman–Crippen LogP) is 4.67. The van der Waals surface area contributed by atoms with Crippen molar-refractivity contribution in [3.05, 3.63) is 94.6 Å². The average molecular weight is 460 g/mol. The first kappa shape index (κ1) is 23.1. The Labute approximate surface area is 185 Å². The number of halogens is 1. The second kappa shape index (κ2) is 10.6. The molecule has 0 atom stereocenters. The Kier molecular flexibility index (Phi) is 7.91. The highest BCUT2D eigenvalue weighted by molar-refractivity contribution is 7.99. The molecule has 0 aliphatic rings. The largest absolute Gasteiger partial charge is 0.294 e. The van der Waals surface area contributed by atoms with Crippen LogP contribution in [0.25, 0.3) is 0 Å². The van der Waals surface area contributed by atoms with E-state index in [1.54, 1.807) is 30.0 Å². The summed E-state index contributed by atoms with van der Waals surface area (Å²) in [5, 5.41) is 7.91. The van der Waals surface area contributed by atoms with Gasteiger partial charge in [-0.05, 0) is 52.7 Å². The summed E-state index contributed by atoms with van der Waals surface area (Å²) in [5.41, 5.74) is 1.46. The van der Waals surface area contributed by atoms with Gasteiger partial charge >= 0.3 is 0 Å². The topological polar surface area (TPSA) is 92.8 Å². The van der Waals surface area contributed by atoms with Crippen molar-refractivity contribution in [2.45, 2.75) is 22.9 Å². The Hall–Kier alpha value is -2.59. The molecular formula is C22H22FN3O3S2. The van der Waals surface area contributed by atoms with Gasteiger partial charge in [0, 0.05) is 30.3 Å². The Bertz CT molecular complexity index is 1120. The van der Waals surface area contributed by atoms with E-state index in [1.165, 1.54) is 24.3 Å². The molecule has 0 saturated heterocycles. The van der Waals surface area contributed by atoms with E-state index in [0.29, 0.717) is 13.1 Å². The monoisotopic (exact) mass is 459 g/mol. The molecule has 0 aliphatic heterocycles. The maximum absolute atomic E-state index is 13.6. The lowest BCUT2D eigenvalue weighted by atomic mass is 10.1. The van der Waals surface area contributed by atoms with Gasteiger partial charge in [-0.1, -0.05) is 36.4 Å². The predicted molar refractivity (Wildman–Crippen MR) is 121 cm³/mol. The second-order valence-electron chi connectivity index (χ2n) is 6.94. The van der Waals surface area contributed by atoms with E-state index in [9.17, 15) is 17.7 Å². The van der Waals surface area contributed by atoms with Crippen LogP contribution in [0.2, 0.25) is 0 Å². The van der Waals surface area contributed by atoms with Crippen LogP contribution in [0.4, 0.5) is 10.1 Å². The second-order valence-corrected chi connectivity index (χ2v) is 9.67. The minimum absolute atomic E-state index is 0.0580. The van der Waals surface area contributed by atoms with Gasteiger partial charge < -0.3 is 0 Å². The van der Waals surface area contributed by atoms with E-state index in [2.05, 4.69) is 10.1 Å². The molecular weight excluding hydrogens is 437 g/mol. The number of rotatable bonds is 10. The maximum atomic E-state index is 13.6. The number of nitroso groups, excluding NO2 is 1. The third-order valence-corrected chi connectivity index (χ3v) is 6.51. The first-order valence-electron chi connectivity index (χ1n) is 9.49.